The quantitative estimate of drug-likeness (QED) is 0.740. The summed E-state index contributed by atoms with van der Waals surface area (Å²) in [5.74, 6) is 1.41. The number of hydrogen-bond donors (Lipinski definition) is 0. The van der Waals surface area contributed by atoms with Crippen molar-refractivity contribution in [2.75, 3.05) is 0 Å². The van der Waals surface area contributed by atoms with Crippen LogP contribution in [0.15, 0.2) is 42.5 Å². The summed E-state index contributed by atoms with van der Waals surface area (Å²) < 4.78 is 6.01. The predicted molar refractivity (Wildman–Crippen MR) is 81.8 cm³/mol. The lowest BCUT2D eigenvalue weighted by Crippen LogP contribution is -2.12. The highest BCUT2D eigenvalue weighted by Crippen LogP contribution is 2.35. The van der Waals surface area contributed by atoms with Crippen LogP contribution in [0, 0.1) is 6.92 Å². The number of hydrogen-bond acceptors (Lipinski definition) is 2. The number of rotatable bonds is 3. The summed E-state index contributed by atoms with van der Waals surface area (Å²) in [5, 5.41) is 0. The van der Waals surface area contributed by atoms with Crippen molar-refractivity contribution in [3.8, 4) is 11.5 Å². The minimum atomic E-state index is -0.0147. The van der Waals surface area contributed by atoms with Crippen LogP contribution in [0.1, 0.15) is 42.3 Å². The molecule has 2 heteroatoms. The molecule has 0 spiro atoms. The Morgan fingerprint density at radius 3 is 2.35 bits per heavy atom. The fourth-order valence-corrected chi connectivity index (χ4v) is 2.12. The summed E-state index contributed by atoms with van der Waals surface area (Å²) in [6.45, 7) is 8.48. The average molecular weight is 268 g/mol. The second-order valence-corrected chi connectivity index (χ2v) is 6.01. The molecule has 0 bridgehead atoms. The molecule has 2 nitrogen and oxygen atoms in total. The third-order valence-electron chi connectivity index (χ3n) is 3.21. The maximum atomic E-state index is 11.1. The first kappa shape index (κ1) is 14.3. The summed E-state index contributed by atoms with van der Waals surface area (Å²) in [7, 11) is 0. The van der Waals surface area contributed by atoms with E-state index in [1.165, 1.54) is 0 Å². The van der Waals surface area contributed by atoms with E-state index >= 15 is 0 Å². The molecule has 0 amide bonds. The molecule has 0 saturated heterocycles. The van der Waals surface area contributed by atoms with Crippen molar-refractivity contribution in [2.45, 2.75) is 33.1 Å². The molecular formula is C18H20O2. The largest absolute Gasteiger partial charge is 0.456 e. The summed E-state index contributed by atoms with van der Waals surface area (Å²) in [5.41, 5.74) is 2.81. The van der Waals surface area contributed by atoms with E-state index in [4.69, 9.17) is 4.74 Å². The van der Waals surface area contributed by atoms with Crippen molar-refractivity contribution < 1.29 is 9.53 Å². The Kier molecular flexibility index (Phi) is 3.93. The van der Waals surface area contributed by atoms with Gasteiger partial charge in [0.25, 0.3) is 0 Å². The van der Waals surface area contributed by atoms with Crippen LogP contribution in [0.5, 0.6) is 11.5 Å². The van der Waals surface area contributed by atoms with Crippen molar-refractivity contribution in [3.05, 3.63) is 59.2 Å². The lowest BCUT2D eigenvalue weighted by atomic mass is 9.86. The maximum Gasteiger partial charge on any atom is 0.153 e. The molecule has 0 aliphatic heterocycles. The zero-order chi connectivity index (χ0) is 14.8. The van der Waals surface area contributed by atoms with Crippen LogP contribution in [0.4, 0.5) is 0 Å². The standard InChI is InChI=1S/C18H20O2/c1-13-9-10-15(18(2,3)4)17(11-13)20-16-8-6-5-7-14(16)12-19/h5-12H,1-4H3. The second-order valence-electron chi connectivity index (χ2n) is 6.01. The van der Waals surface area contributed by atoms with E-state index in [0.29, 0.717) is 11.3 Å². The number of para-hydroxylation sites is 1. The molecule has 20 heavy (non-hydrogen) atoms. The van der Waals surface area contributed by atoms with E-state index in [0.717, 1.165) is 23.2 Å². The molecule has 0 atom stereocenters. The van der Waals surface area contributed by atoms with Gasteiger partial charge in [-0.3, -0.25) is 4.79 Å². The Morgan fingerprint density at radius 2 is 1.70 bits per heavy atom. The van der Waals surface area contributed by atoms with Crippen LogP contribution >= 0.6 is 0 Å². The number of aldehydes is 1. The van der Waals surface area contributed by atoms with Crippen LogP contribution < -0.4 is 4.74 Å². The summed E-state index contributed by atoms with van der Waals surface area (Å²) in [6.07, 6.45) is 0.821. The van der Waals surface area contributed by atoms with Gasteiger partial charge in [0.2, 0.25) is 0 Å². The lowest BCUT2D eigenvalue weighted by molar-refractivity contribution is 0.112. The Labute approximate surface area is 120 Å². The molecule has 0 aliphatic rings. The van der Waals surface area contributed by atoms with Crippen LogP contribution in [-0.4, -0.2) is 6.29 Å². The van der Waals surface area contributed by atoms with E-state index in [2.05, 4.69) is 32.9 Å². The van der Waals surface area contributed by atoms with Gasteiger partial charge in [0, 0.05) is 5.56 Å². The van der Waals surface area contributed by atoms with Crippen molar-refractivity contribution in [3.63, 3.8) is 0 Å². The van der Waals surface area contributed by atoms with Crippen LogP contribution in [-0.2, 0) is 5.41 Å². The number of aryl methyl sites for hydroxylation is 1. The molecule has 0 aromatic heterocycles. The molecule has 0 fully saturated rings. The van der Waals surface area contributed by atoms with Gasteiger partial charge in [-0.2, -0.15) is 0 Å². The van der Waals surface area contributed by atoms with Gasteiger partial charge >= 0.3 is 0 Å². The zero-order valence-corrected chi connectivity index (χ0v) is 12.4. The van der Waals surface area contributed by atoms with Gasteiger partial charge in [-0.25, -0.2) is 0 Å². The Bertz CT molecular complexity index is 622. The molecule has 2 aromatic carbocycles. The van der Waals surface area contributed by atoms with Crippen LogP contribution in [0.2, 0.25) is 0 Å². The molecule has 0 radical (unpaired) electrons. The van der Waals surface area contributed by atoms with Crippen molar-refractivity contribution in [1.29, 1.82) is 0 Å². The van der Waals surface area contributed by atoms with Crippen molar-refractivity contribution >= 4 is 6.29 Å². The Balaban J connectivity index is 2.47. The molecule has 104 valence electrons. The first-order chi connectivity index (χ1) is 9.41. The predicted octanol–water partition coefficient (Wildman–Crippen LogP) is 4.90. The van der Waals surface area contributed by atoms with Gasteiger partial charge in [0.15, 0.2) is 6.29 Å². The summed E-state index contributed by atoms with van der Waals surface area (Å²) in [6, 6.07) is 13.5. The highest BCUT2D eigenvalue weighted by atomic mass is 16.5. The molecule has 0 saturated carbocycles. The average Bonchev–Trinajstić information content (AvgIpc) is 2.38. The fourth-order valence-electron chi connectivity index (χ4n) is 2.12. The summed E-state index contributed by atoms with van der Waals surface area (Å²) in [4.78, 5) is 11.1. The Hall–Kier alpha value is -2.09. The SMILES string of the molecule is Cc1ccc(C(C)(C)C)c(Oc2ccccc2C=O)c1. The highest BCUT2D eigenvalue weighted by Gasteiger charge is 2.19. The smallest absolute Gasteiger partial charge is 0.153 e. The van der Waals surface area contributed by atoms with E-state index < -0.39 is 0 Å². The number of carbonyl (C=O) groups excluding carboxylic acids is 1. The molecule has 0 unspecified atom stereocenters. The van der Waals surface area contributed by atoms with Crippen LogP contribution in [0.3, 0.4) is 0 Å². The van der Waals surface area contributed by atoms with E-state index in [1.54, 1.807) is 6.07 Å². The van der Waals surface area contributed by atoms with E-state index in [9.17, 15) is 4.79 Å². The second kappa shape index (κ2) is 5.49. The minimum Gasteiger partial charge on any atom is -0.456 e. The first-order valence-corrected chi connectivity index (χ1v) is 6.75. The van der Waals surface area contributed by atoms with Crippen molar-refractivity contribution in [2.24, 2.45) is 0 Å². The first-order valence-electron chi connectivity index (χ1n) is 6.75. The van der Waals surface area contributed by atoms with Crippen molar-refractivity contribution in [1.82, 2.24) is 0 Å². The normalized spacial score (nSPS) is 11.2. The van der Waals surface area contributed by atoms with Gasteiger partial charge < -0.3 is 4.74 Å². The van der Waals surface area contributed by atoms with Crippen LogP contribution in [0.25, 0.3) is 0 Å². The fraction of sp³-hybridized carbons (Fsp3) is 0.278. The number of carbonyl (C=O) groups is 1. The number of benzene rings is 2. The molecular weight excluding hydrogens is 248 g/mol. The zero-order valence-electron chi connectivity index (χ0n) is 12.4. The maximum absolute atomic E-state index is 11.1. The minimum absolute atomic E-state index is 0.0147. The van der Waals surface area contributed by atoms with Gasteiger partial charge in [-0.15, -0.1) is 0 Å². The molecule has 0 aliphatic carbocycles. The third-order valence-corrected chi connectivity index (χ3v) is 3.21. The highest BCUT2D eigenvalue weighted by molar-refractivity contribution is 5.79. The number of ether oxygens (including phenoxy) is 1. The summed E-state index contributed by atoms with van der Waals surface area (Å²) >= 11 is 0. The third kappa shape index (κ3) is 3.08. The lowest BCUT2D eigenvalue weighted by Gasteiger charge is -2.23. The molecule has 0 heterocycles. The Morgan fingerprint density at radius 1 is 1.00 bits per heavy atom. The molecule has 2 aromatic rings. The van der Waals surface area contributed by atoms with E-state index in [1.807, 2.05) is 31.2 Å². The monoisotopic (exact) mass is 268 g/mol. The van der Waals surface area contributed by atoms with Gasteiger partial charge in [-0.05, 0) is 36.1 Å². The van der Waals surface area contributed by atoms with Gasteiger partial charge in [0.05, 0.1) is 5.56 Å². The molecule has 0 N–H and O–H groups in total. The van der Waals surface area contributed by atoms with E-state index in [-0.39, 0.29) is 5.41 Å². The molecule has 2 rings (SSSR count). The topological polar surface area (TPSA) is 26.3 Å². The van der Waals surface area contributed by atoms with Gasteiger partial charge in [-0.1, -0.05) is 45.0 Å². The van der Waals surface area contributed by atoms with Gasteiger partial charge in [0.1, 0.15) is 11.5 Å².